The van der Waals surface area contributed by atoms with Gasteiger partial charge in [-0.1, -0.05) is 51.1 Å². The summed E-state index contributed by atoms with van der Waals surface area (Å²) in [5.41, 5.74) is 3.17. The molecule has 266 valence electrons. The van der Waals surface area contributed by atoms with E-state index in [1.807, 2.05) is 39.0 Å². The number of carbonyl (C=O) groups excluding carboxylic acids is 3. The normalized spacial score (nSPS) is 22.6. The van der Waals surface area contributed by atoms with E-state index in [0.717, 1.165) is 49.3 Å². The molecular weight excluding hydrogens is 644 g/mol. The van der Waals surface area contributed by atoms with Gasteiger partial charge in [0.25, 0.3) is 0 Å². The number of hydrogen-bond acceptors (Lipinski definition) is 7. The van der Waals surface area contributed by atoms with Crippen LogP contribution in [0.3, 0.4) is 0 Å². The highest BCUT2D eigenvalue weighted by Gasteiger charge is 2.44. The zero-order valence-electron chi connectivity index (χ0n) is 29.1. The number of nitrogens with one attached hydrogen (secondary N) is 2. The van der Waals surface area contributed by atoms with Crippen molar-refractivity contribution in [3.8, 4) is 0 Å². The molecule has 0 aliphatic carbocycles. The summed E-state index contributed by atoms with van der Waals surface area (Å²) in [5.74, 6) is -0.448. The molecule has 4 heterocycles. The number of fused-ring (bicyclic) bond motifs is 1. The van der Waals surface area contributed by atoms with Gasteiger partial charge in [0.1, 0.15) is 11.2 Å². The Labute approximate surface area is 294 Å². The molecule has 3 fully saturated rings. The van der Waals surface area contributed by atoms with Gasteiger partial charge < -0.3 is 30.1 Å². The number of thioether (sulfide) groups is 1. The topological polar surface area (TPSA) is 97.5 Å². The molecule has 0 saturated carbocycles. The van der Waals surface area contributed by atoms with Crippen molar-refractivity contribution in [2.75, 3.05) is 76.2 Å². The molecule has 49 heavy (non-hydrogen) atoms. The molecule has 4 aliphatic rings. The fourth-order valence-electron chi connectivity index (χ4n) is 7.20. The summed E-state index contributed by atoms with van der Waals surface area (Å²) in [6.07, 6.45) is 3.08. The van der Waals surface area contributed by atoms with E-state index in [0.29, 0.717) is 64.5 Å². The van der Waals surface area contributed by atoms with Gasteiger partial charge in [-0.25, -0.2) is 9.18 Å². The Morgan fingerprint density at radius 1 is 1.00 bits per heavy atom. The average Bonchev–Trinajstić information content (AvgIpc) is 3.28. The molecule has 2 atom stereocenters. The number of nitrogens with zero attached hydrogens (tertiary/aromatic N) is 4. The number of piperidine rings is 1. The second-order valence-electron chi connectivity index (χ2n) is 14.8. The molecule has 4 aliphatic heterocycles. The zero-order valence-corrected chi connectivity index (χ0v) is 29.9. The Kier molecular flexibility index (Phi) is 11.4. The average molecular weight is 695 g/mol. The highest BCUT2D eigenvalue weighted by atomic mass is 32.2. The van der Waals surface area contributed by atoms with Gasteiger partial charge in [0.2, 0.25) is 11.8 Å². The maximum absolute atomic E-state index is 15.4. The molecule has 12 heteroatoms. The standard InChI is InChI=1S/C37H51FN6O4S/c1-37(2,3)14-19-44-34(46)31(49-35(44)28-8-6-9-29(38)33(28)39-15-20-41-21-23-48-24-22-41)25-32(45)42-16-12-27(13-17-42)43-18-11-26-7-4-5-10-30(26)40-36(43)47/h4-10,27,31,35,39H,11-25H2,1-3H3,(H,40,47)/t31-,35?/m1/s1. The molecule has 10 nitrogen and oxygen atoms in total. The number of urea groups is 1. The van der Waals surface area contributed by atoms with E-state index < -0.39 is 10.6 Å². The molecule has 0 spiro atoms. The van der Waals surface area contributed by atoms with Crippen molar-refractivity contribution in [2.24, 2.45) is 5.41 Å². The number of para-hydroxylation sites is 2. The van der Waals surface area contributed by atoms with Crippen LogP contribution in [0.4, 0.5) is 20.6 Å². The summed E-state index contributed by atoms with van der Waals surface area (Å²) >= 11 is 1.46. The molecule has 0 aromatic heterocycles. The third kappa shape index (κ3) is 8.69. The molecule has 2 aromatic carbocycles. The van der Waals surface area contributed by atoms with Crippen LogP contribution in [0.25, 0.3) is 0 Å². The molecule has 0 bridgehead atoms. The molecule has 3 saturated heterocycles. The van der Waals surface area contributed by atoms with Gasteiger partial charge in [-0.3, -0.25) is 14.5 Å². The van der Waals surface area contributed by atoms with E-state index in [1.165, 1.54) is 17.8 Å². The van der Waals surface area contributed by atoms with Crippen molar-refractivity contribution >= 4 is 41.0 Å². The van der Waals surface area contributed by atoms with Gasteiger partial charge in [0, 0.05) is 76.1 Å². The van der Waals surface area contributed by atoms with Crippen LogP contribution in [0.15, 0.2) is 42.5 Å². The monoisotopic (exact) mass is 694 g/mol. The van der Waals surface area contributed by atoms with Crippen molar-refractivity contribution in [2.45, 2.75) is 69.5 Å². The first kappa shape index (κ1) is 35.5. The number of rotatable bonds is 10. The second kappa shape index (κ2) is 15.7. The zero-order chi connectivity index (χ0) is 34.5. The minimum Gasteiger partial charge on any atom is -0.381 e. The molecular formula is C37H51FN6O4S. The van der Waals surface area contributed by atoms with Gasteiger partial charge in [-0.15, -0.1) is 11.8 Å². The van der Waals surface area contributed by atoms with Crippen molar-refractivity contribution in [1.82, 2.24) is 19.6 Å². The first-order valence-corrected chi connectivity index (χ1v) is 18.7. The van der Waals surface area contributed by atoms with Gasteiger partial charge in [-0.2, -0.15) is 0 Å². The fourth-order valence-corrected chi connectivity index (χ4v) is 8.70. The molecule has 1 unspecified atom stereocenters. The number of halogens is 1. The number of morpholine rings is 1. The lowest BCUT2D eigenvalue weighted by molar-refractivity contribution is -0.137. The molecule has 6 rings (SSSR count). The Bertz CT molecular complexity index is 1490. The maximum atomic E-state index is 15.4. The summed E-state index contributed by atoms with van der Waals surface area (Å²) in [7, 11) is 0. The summed E-state index contributed by atoms with van der Waals surface area (Å²) < 4.78 is 20.9. The Hall–Kier alpha value is -3.35. The summed E-state index contributed by atoms with van der Waals surface area (Å²) in [5, 5.41) is 5.46. The molecule has 0 radical (unpaired) electrons. The van der Waals surface area contributed by atoms with Crippen LogP contribution in [0, 0.1) is 11.2 Å². The van der Waals surface area contributed by atoms with Crippen LogP contribution in [0.5, 0.6) is 0 Å². The number of carbonyl (C=O) groups is 3. The highest BCUT2D eigenvalue weighted by molar-refractivity contribution is 8.01. The van der Waals surface area contributed by atoms with E-state index in [9.17, 15) is 14.4 Å². The second-order valence-corrected chi connectivity index (χ2v) is 16.0. The van der Waals surface area contributed by atoms with Crippen LogP contribution in [0.2, 0.25) is 0 Å². The number of amides is 4. The van der Waals surface area contributed by atoms with Crippen molar-refractivity contribution < 1.29 is 23.5 Å². The number of anilines is 2. The van der Waals surface area contributed by atoms with Crippen molar-refractivity contribution in [1.29, 1.82) is 0 Å². The maximum Gasteiger partial charge on any atom is 0.322 e. The van der Waals surface area contributed by atoms with Crippen LogP contribution < -0.4 is 10.6 Å². The Morgan fingerprint density at radius 2 is 1.76 bits per heavy atom. The van der Waals surface area contributed by atoms with Gasteiger partial charge in [0.15, 0.2) is 0 Å². The van der Waals surface area contributed by atoms with Crippen molar-refractivity contribution in [3.05, 3.63) is 59.4 Å². The largest absolute Gasteiger partial charge is 0.381 e. The van der Waals surface area contributed by atoms with Gasteiger partial charge in [-0.05, 0) is 48.8 Å². The van der Waals surface area contributed by atoms with E-state index in [4.69, 9.17) is 4.74 Å². The number of benzene rings is 2. The lowest BCUT2D eigenvalue weighted by Gasteiger charge is -2.38. The van der Waals surface area contributed by atoms with E-state index >= 15 is 4.39 Å². The first-order valence-electron chi connectivity index (χ1n) is 17.8. The van der Waals surface area contributed by atoms with Crippen molar-refractivity contribution in [3.63, 3.8) is 0 Å². The SMILES string of the molecule is CC(C)(C)CCN1C(=O)[C@@H](CC(=O)N2CCC(N3CCc4ccccc4NC3=O)CC2)SC1c1cccc(F)c1NCCN1CCOCC1. The summed E-state index contributed by atoms with van der Waals surface area (Å²) in [6.45, 7) is 13.2. The minimum atomic E-state index is -0.547. The minimum absolute atomic E-state index is 0.00197. The quantitative estimate of drug-likeness (QED) is 0.343. The number of ether oxygens (including phenoxy) is 1. The number of likely N-dealkylation sites (tertiary alicyclic amines) is 1. The first-order chi connectivity index (χ1) is 23.6. The van der Waals surface area contributed by atoms with E-state index in [1.54, 1.807) is 6.07 Å². The Morgan fingerprint density at radius 3 is 2.51 bits per heavy atom. The van der Waals surface area contributed by atoms with Crippen LogP contribution in [-0.4, -0.2) is 114 Å². The highest BCUT2D eigenvalue weighted by Crippen LogP contribution is 2.47. The smallest absolute Gasteiger partial charge is 0.322 e. The lowest BCUT2D eigenvalue weighted by Crippen LogP contribution is -2.50. The Balaban J connectivity index is 1.10. The number of hydrogen-bond donors (Lipinski definition) is 2. The van der Waals surface area contributed by atoms with E-state index in [-0.39, 0.29) is 41.5 Å². The van der Waals surface area contributed by atoms with E-state index in [2.05, 4.69) is 42.4 Å². The molecule has 2 aromatic rings. The molecule has 4 amide bonds. The van der Waals surface area contributed by atoms with Crippen LogP contribution in [-0.2, 0) is 20.7 Å². The lowest BCUT2D eigenvalue weighted by atomic mass is 9.92. The fraction of sp³-hybridized carbons (Fsp3) is 0.595. The molecule has 2 N–H and O–H groups in total. The predicted octanol–water partition coefficient (Wildman–Crippen LogP) is 5.42. The van der Waals surface area contributed by atoms with Crippen LogP contribution >= 0.6 is 11.8 Å². The predicted molar refractivity (Wildman–Crippen MR) is 192 cm³/mol. The van der Waals surface area contributed by atoms with Gasteiger partial charge >= 0.3 is 6.03 Å². The summed E-state index contributed by atoms with van der Waals surface area (Å²) in [4.78, 5) is 48.7. The third-order valence-electron chi connectivity index (χ3n) is 10.1. The van der Waals surface area contributed by atoms with Crippen LogP contribution in [0.1, 0.15) is 63.0 Å². The summed E-state index contributed by atoms with van der Waals surface area (Å²) in [6, 6.07) is 12.9. The van der Waals surface area contributed by atoms with Gasteiger partial charge in [0.05, 0.1) is 24.2 Å². The third-order valence-corrected chi connectivity index (χ3v) is 11.6.